The molecule has 0 radical (unpaired) electrons. The fourth-order valence-corrected chi connectivity index (χ4v) is 1.04. The van der Waals surface area contributed by atoms with Gasteiger partial charge in [0.2, 0.25) is 0 Å². The normalized spacial score (nSPS) is 10.9. The van der Waals surface area contributed by atoms with Gasteiger partial charge in [-0.05, 0) is 21.1 Å². The van der Waals surface area contributed by atoms with Crippen molar-refractivity contribution in [3.8, 4) is 0 Å². The molecule has 0 fully saturated rings. The van der Waals surface area contributed by atoms with Crippen LogP contribution in [0.1, 0.15) is 0 Å². The molecule has 0 heterocycles. The molecule has 100 valence electrons. The fraction of sp³-hybridized carbons (Fsp3) is 0.750. The number of hydrogen-bond acceptors (Lipinski definition) is 5. The van der Waals surface area contributed by atoms with Crippen LogP contribution < -0.4 is 0 Å². The third kappa shape index (κ3) is 11.4. The van der Waals surface area contributed by atoms with Crippen molar-refractivity contribution >= 4 is 5.97 Å². The van der Waals surface area contributed by atoms with Gasteiger partial charge in [-0.3, -0.25) is 0 Å². The van der Waals surface area contributed by atoms with Gasteiger partial charge in [-0.25, -0.2) is 4.79 Å². The SMILES string of the molecule is C=CC(=O)OCCN(C)CCOCCN(C)C. The Hall–Kier alpha value is -0.910. The minimum atomic E-state index is -0.374. The second kappa shape index (κ2) is 10.3. The molecule has 0 aliphatic carbocycles. The summed E-state index contributed by atoms with van der Waals surface area (Å²) in [6.07, 6.45) is 1.17. The second-order valence-corrected chi connectivity index (χ2v) is 4.09. The number of esters is 1. The van der Waals surface area contributed by atoms with E-state index in [0.717, 1.165) is 19.7 Å². The zero-order chi connectivity index (χ0) is 13.1. The van der Waals surface area contributed by atoms with E-state index < -0.39 is 0 Å². The van der Waals surface area contributed by atoms with E-state index in [1.807, 2.05) is 21.1 Å². The van der Waals surface area contributed by atoms with Crippen LogP contribution in [0.25, 0.3) is 0 Å². The molecule has 0 amide bonds. The van der Waals surface area contributed by atoms with Crippen LogP contribution in [0.3, 0.4) is 0 Å². The van der Waals surface area contributed by atoms with Crippen molar-refractivity contribution in [3.05, 3.63) is 12.7 Å². The van der Waals surface area contributed by atoms with E-state index in [4.69, 9.17) is 9.47 Å². The van der Waals surface area contributed by atoms with Crippen molar-refractivity contribution in [1.29, 1.82) is 0 Å². The molecule has 0 saturated carbocycles. The molecule has 0 saturated heterocycles. The molecule has 0 rings (SSSR count). The first-order valence-corrected chi connectivity index (χ1v) is 5.76. The van der Waals surface area contributed by atoms with E-state index in [0.29, 0.717) is 19.8 Å². The first kappa shape index (κ1) is 16.1. The molecule has 0 aliphatic rings. The van der Waals surface area contributed by atoms with Crippen LogP contribution in [0.15, 0.2) is 12.7 Å². The monoisotopic (exact) mass is 244 g/mol. The zero-order valence-electron chi connectivity index (χ0n) is 11.1. The van der Waals surface area contributed by atoms with Crippen LogP contribution >= 0.6 is 0 Å². The average molecular weight is 244 g/mol. The van der Waals surface area contributed by atoms with Gasteiger partial charge in [0.1, 0.15) is 6.61 Å². The van der Waals surface area contributed by atoms with Crippen LogP contribution in [0.4, 0.5) is 0 Å². The number of nitrogens with zero attached hydrogens (tertiary/aromatic N) is 2. The Morgan fingerprint density at radius 1 is 1.12 bits per heavy atom. The molecule has 5 nitrogen and oxygen atoms in total. The molecule has 0 aliphatic heterocycles. The Kier molecular flexibility index (Phi) is 9.71. The lowest BCUT2D eigenvalue weighted by atomic mass is 10.5. The fourth-order valence-electron chi connectivity index (χ4n) is 1.04. The van der Waals surface area contributed by atoms with Crippen molar-refractivity contribution in [2.75, 3.05) is 60.6 Å². The van der Waals surface area contributed by atoms with Gasteiger partial charge in [0.15, 0.2) is 0 Å². The summed E-state index contributed by atoms with van der Waals surface area (Å²) < 4.78 is 10.3. The summed E-state index contributed by atoms with van der Waals surface area (Å²) in [6.45, 7) is 7.62. The lowest BCUT2D eigenvalue weighted by Crippen LogP contribution is -2.28. The maximum Gasteiger partial charge on any atom is 0.330 e. The molecule has 0 N–H and O–H groups in total. The summed E-state index contributed by atoms with van der Waals surface area (Å²) in [7, 11) is 6.00. The Bertz CT molecular complexity index is 220. The van der Waals surface area contributed by atoms with Gasteiger partial charge in [0.25, 0.3) is 0 Å². The van der Waals surface area contributed by atoms with Gasteiger partial charge in [-0.1, -0.05) is 6.58 Å². The van der Waals surface area contributed by atoms with Gasteiger partial charge < -0.3 is 19.3 Å². The Morgan fingerprint density at radius 2 is 1.71 bits per heavy atom. The van der Waals surface area contributed by atoms with E-state index in [2.05, 4.69) is 16.4 Å². The molecule has 0 atom stereocenters. The van der Waals surface area contributed by atoms with Crippen LogP contribution in [-0.2, 0) is 14.3 Å². The van der Waals surface area contributed by atoms with E-state index in [1.54, 1.807) is 0 Å². The van der Waals surface area contributed by atoms with Crippen LogP contribution in [0, 0.1) is 0 Å². The van der Waals surface area contributed by atoms with Gasteiger partial charge in [-0.2, -0.15) is 0 Å². The van der Waals surface area contributed by atoms with Gasteiger partial charge >= 0.3 is 5.97 Å². The minimum absolute atomic E-state index is 0.374. The lowest BCUT2D eigenvalue weighted by molar-refractivity contribution is -0.138. The summed E-state index contributed by atoms with van der Waals surface area (Å²) in [5, 5.41) is 0. The van der Waals surface area contributed by atoms with Gasteiger partial charge in [-0.15, -0.1) is 0 Å². The topological polar surface area (TPSA) is 42.0 Å². The first-order chi connectivity index (χ1) is 8.06. The van der Waals surface area contributed by atoms with Crippen LogP contribution in [-0.4, -0.2) is 76.4 Å². The Balaban J connectivity index is 3.31. The predicted molar refractivity (Wildman–Crippen MR) is 68.0 cm³/mol. The first-order valence-electron chi connectivity index (χ1n) is 5.76. The van der Waals surface area contributed by atoms with Crippen molar-refractivity contribution in [3.63, 3.8) is 0 Å². The molecule has 0 aromatic carbocycles. The maximum absolute atomic E-state index is 10.8. The maximum atomic E-state index is 10.8. The lowest BCUT2D eigenvalue weighted by Gasteiger charge is -2.16. The molecule has 0 unspecified atom stereocenters. The van der Waals surface area contributed by atoms with Crippen LogP contribution in [0.2, 0.25) is 0 Å². The third-order valence-corrected chi connectivity index (χ3v) is 2.18. The zero-order valence-corrected chi connectivity index (χ0v) is 11.1. The van der Waals surface area contributed by atoms with E-state index >= 15 is 0 Å². The van der Waals surface area contributed by atoms with E-state index in [1.165, 1.54) is 6.08 Å². The second-order valence-electron chi connectivity index (χ2n) is 4.09. The highest BCUT2D eigenvalue weighted by Gasteiger charge is 2.00. The van der Waals surface area contributed by atoms with Crippen molar-refractivity contribution in [2.24, 2.45) is 0 Å². The van der Waals surface area contributed by atoms with Crippen LogP contribution in [0.5, 0.6) is 0 Å². The van der Waals surface area contributed by atoms with Gasteiger partial charge in [0, 0.05) is 25.7 Å². The average Bonchev–Trinajstić information content (AvgIpc) is 2.27. The molecule has 0 spiro atoms. The largest absolute Gasteiger partial charge is 0.461 e. The van der Waals surface area contributed by atoms with E-state index in [9.17, 15) is 4.79 Å². The molecule has 0 aromatic rings. The highest BCUT2D eigenvalue weighted by atomic mass is 16.5. The minimum Gasteiger partial charge on any atom is -0.461 e. The number of likely N-dealkylation sites (N-methyl/N-ethyl adjacent to an activating group) is 2. The number of ether oxygens (including phenoxy) is 2. The van der Waals surface area contributed by atoms with Crippen molar-refractivity contribution in [2.45, 2.75) is 0 Å². The summed E-state index contributed by atoms with van der Waals surface area (Å²) in [4.78, 5) is 14.9. The highest BCUT2D eigenvalue weighted by Crippen LogP contribution is 1.87. The van der Waals surface area contributed by atoms with Crippen molar-refractivity contribution in [1.82, 2.24) is 9.80 Å². The summed E-state index contributed by atoms with van der Waals surface area (Å²) in [5.41, 5.74) is 0. The smallest absolute Gasteiger partial charge is 0.330 e. The Labute approximate surface area is 104 Å². The highest BCUT2D eigenvalue weighted by molar-refractivity contribution is 5.81. The molecular weight excluding hydrogens is 220 g/mol. The number of carbonyl (C=O) groups excluding carboxylic acids is 1. The number of hydrogen-bond donors (Lipinski definition) is 0. The molecular formula is C12H24N2O3. The summed E-state index contributed by atoms with van der Waals surface area (Å²) in [6, 6.07) is 0. The third-order valence-electron chi connectivity index (χ3n) is 2.18. The standard InChI is InChI=1S/C12H24N2O3/c1-5-12(15)17-11-8-14(4)7-10-16-9-6-13(2)3/h5H,1,6-11H2,2-4H3. The molecule has 5 heteroatoms. The van der Waals surface area contributed by atoms with Crippen molar-refractivity contribution < 1.29 is 14.3 Å². The summed E-state index contributed by atoms with van der Waals surface area (Å²) in [5.74, 6) is -0.374. The Morgan fingerprint density at radius 3 is 2.29 bits per heavy atom. The quantitative estimate of drug-likeness (QED) is 0.312. The molecule has 17 heavy (non-hydrogen) atoms. The number of rotatable bonds is 10. The number of carbonyl (C=O) groups is 1. The molecule has 0 aromatic heterocycles. The predicted octanol–water partition coefficient (Wildman–Crippen LogP) is 0.226. The van der Waals surface area contributed by atoms with E-state index in [-0.39, 0.29) is 5.97 Å². The summed E-state index contributed by atoms with van der Waals surface area (Å²) >= 11 is 0. The molecule has 0 bridgehead atoms. The van der Waals surface area contributed by atoms with Gasteiger partial charge in [0.05, 0.1) is 13.2 Å².